The largest absolute Gasteiger partial charge is 0.378 e. The van der Waals surface area contributed by atoms with E-state index in [0.29, 0.717) is 6.10 Å². The SMILES string of the molecule is CCCNC1CCCC1CC1CCCO1. The molecule has 88 valence electrons. The molecule has 2 nitrogen and oxygen atoms in total. The van der Waals surface area contributed by atoms with Crippen molar-refractivity contribution < 1.29 is 4.74 Å². The Balaban J connectivity index is 1.74. The van der Waals surface area contributed by atoms with Gasteiger partial charge in [-0.2, -0.15) is 0 Å². The van der Waals surface area contributed by atoms with Gasteiger partial charge in [-0.05, 0) is 51.0 Å². The van der Waals surface area contributed by atoms with Crippen LogP contribution >= 0.6 is 0 Å². The molecule has 3 unspecified atom stereocenters. The van der Waals surface area contributed by atoms with Crippen molar-refractivity contribution >= 4 is 0 Å². The molecule has 0 bridgehead atoms. The summed E-state index contributed by atoms with van der Waals surface area (Å²) in [7, 11) is 0. The highest BCUT2D eigenvalue weighted by Crippen LogP contribution is 2.32. The molecule has 0 amide bonds. The van der Waals surface area contributed by atoms with Gasteiger partial charge in [0.15, 0.2) is 0 Å². The van der Waals surface area contributed by atoms with Gasteiger partial charge < -0.3 is 10.1 Å². The summed E-state index contributed by atoms with van der Waals surface area (Å²) in [5.41, 5.74) is 0. The number of ether oxygens (including phenoxy) is 1. The minimum absolute atomic E-state index is 0.582. The first-order valence-corrected chi connectivity index (χ1v) is 6.75. The maximum atomic E-state index is 5.74. The first kappa shape index (κ1) is 11.4. The summed E-state index contributed by atoms with van der Waals surface area (Å²) in [6.07, 6.45) is 9.95. The first-order valence-electron chi connectivity index (χ1n) is 6.75. The first-order chi connectivity index (χ1) is 7.40. The summed E-state index contributed by atoms with van der Waals surface area (Å²) in [4.78, 5) is 0. The Hall–Kier alpha value is -0.0800. The predicted molar refractivity (Wildman–Crippen MR) is 63.0 cm³/mol. The molecule has 1 saturated heterocycles. The molecule has 0 spiro atoms. The average Bonchev–Trinajstić information content (AvgIpc) is 2.87. The van der Waals surface area contributed by atoms with E-state index >= 15 is 0 Å². The summed E-state index contributed by atoms with van der Waals surface area (Å²) < 4.78 is 5.74. The van der Waals surface area contributed by atoms with Crippen molar-refractivity contribution in [2.75, 3.05) is 13.2 Å². The Kier molecular flexibility index (Phi) is 4.45. The van der Waals surface area contributed by atoms with Gasteiger partial charge in [-0.1, -0.05) is 13.3 Å². The van der Waals surface area contributed by atoms with Crippen molar-refractivity contribution in [3.63, 3.8) is 0 Å². The van der Waals surface area contributed by atoms with Crippen molar-refractivity contribution in [2.24, 2.45) is 5.92 Å². The van der Waals surface area contributed by atoms with E-state index in [1.165, 1.54) is 51.5 Å². The normalized spacial score (nSPS) is 36.2. The zero-order valence-corrected chi connectivity index (χ0v) is 10.0. The second kappa shape index (κ2) is 5.86. The van der Waals surface area contributed by atoms with Gasteiger partial charge in [0.2, 0.25) is 0 Å². The van der Waals surface area contributed by atoms with Crippen LogP contribution in [-0.4, -0.2) is 25.3 Å². The minimum Gasteiger partial charge on any atom is -0.378 e. The zero-order valence-electron chi connectivity index (χ0n) is 10.0. The average molecular weight is 211 g/mol. The van der Waals surface area contributed by atoms with Crippen molar-refractivity contribution in [1.29, 1.82) is 0 Å². The van der Waals surface area contributed by atoms with Crippen LogP contribution < -0.4 is 5.32 Å². The third-order valence-electron chi connectivity index (χ3n) is 3.91. The van der Waals surface area contributed by atoms with Gasteiger partial charge in [-0.15, -0.1) is 0 Å². The van der Waals surface area contributed by atoms with Gasteiger partial charge in [-0.3, -0.25) is 0 Å². The Bertz CT molecular complexity index is 177. The van der Waals surface area contributed by atoms with Gasteiger partial charge in [0.25, 0.3) is 0 Å². The highest BCUT2D eigenvalue weighted by Gasteiger charge is 2.30. The van der Waals surface area contributed by atoms with E-state index < -0.39 is 0 Å². The summed E-state index contributed by atoms with van der Waals surface area (Å²) in [5, 5.41) is 3.70. The van der Waals surface area contributed by atoms with Crippen molar-refractivity contribution in [3.05, 3.63) is 0 Å². The third-order valence-corrected chi connectivity index (χ3v) is 3.91. The van der Waals surface area contributed by atoms with Gasteiger partial charge in [0, 0.05) is 12.6 Å². The lowest BCUT2D eigenvalue weighted by Gasteiger charge is -2.23. The van der Waals surface area contributed by atoms with Gasteiger partial charge in [0.1, 0.15) is 0 Å². The van der Waals surface area contributed by atoms with E-state index in [1.54, 1.807) is 0 Å². The Morgan fingerprint density at radius 3 is 2.87 bits per heavy atom. The van der Waals surface area contributed by atoms with Gasteiger partial charge in [0.05, 0.1) is 6.10 Å². The van der Waals surface area contributed by atoms with E-state index in [2.05, 4.69) is 12.2 Å². The molecule has 1 saturated carbocycles. The lowest BCUT2D eigenvalue weighted by atomic mass is 9.95. The van der Waals surface area contributed by atoms with Crippen LogP contribution in [0.15, 0.2) is 0 Å². The topological polar surface area (TPSA) is 21.3 Å². The summed E-state index contributed by atoms with van der Waals surface area (Å²) in [5.74, 6) is 0.889. The number of rotatable bonds is 5. The lowest BCUT2D eigenvalue weighted by molar-refractivity contribution is 0.0862. The molecule has 2 heteroatoms. The van der Waals surface area contributed by atoms with Crippen LogP contribution in [0.25, 0.3) is 0 Å². The molecular formula is C13H25NO. The lowest BCUT2D eigenvalue weighted by Crippen LogP contribution is -2.34. The van der Waals surface area contributed by atoms with Crippen LogP contribution in [0.5, 0.6) is 0 Å². The fourth-order valence-corrected chi connectivity index (χ4v) is 3.09. The monoisotopic (exact) mass is 211 g/mol. The molecule has 1 heterocycles. The molecule has 2 aliphatic rings. The third kappa shape index (κ3) is 3.18. The van der Waals surface area contributed by atoms with Crippen molar-refractivity contribution in [1.82, 2.24) is 5.32 Å². The molecule has 2 rings (SSSR count). The van der Waals surface area contributed by atoms with E-state index in [0.717, 1.165) is 18.6 Å². The molecule has 0 aromatic heterocycles. The van der Waals surface area contributed by atoms with Crippen LogP contribution in [0.4, 0.5) is 0 Å². The highest BCUT2D eigenvalue weighted by molar-refractivity contribution is 4.85. The summed E-state index contributed by atoms with van der Waals surface area (Å²) in [6, 6.07) is 0.786. The van der Waals surface area contributed by atoms with Crippen LogP contribution in [-0.2, 0) is 4.74 Å². The molecular weight excluding hydrogens is 186 g/mol. The fraction of sp³-hybridized carbons (Fsp3) is 1.00. The van der Waals surface area contributed by atoms with E-state index in [4.69, 9.17) is 4.74 Å². The molecule has 1 aliphatic carbocycles. The maximum absolute atomic E-state index is 5.74. The summed E-state index contributed by atoms with van der Waals surface area (Å²) >= 11 is 0. The minimum atomic E-state index is 0.582. The molecule has 0 radical (unpaired) electrons. The maximum Gasteiger partial charge on any atom is 0.0579 e. The Morgan fingerprint density at radius 2 is 2.13 bits per heavy atom. The highest BCUT2D eigenvalue weighted by atomic mass is 16.5. The van der Waals surface area contributed by atoms with E-state index in [-0.39, 0.29) is 0 Å². The molecule has 0 aromatic carbocycles. The second-order valence-electron chi connectivity index (χ2n) is 5.12. The second-order valence-corrected chi connectivity index (χ2v) is 5.12. The van der Waals surface area contributed by atoms with Crippen molar-refractivity contribution in [2.45, 2.75) is 64.0 Å². The Morgan fingerprint density at radius 1 is 1.20 bits per heavy atom. The quantitative estimate of drug-likeness (QED) is 0.755. The molecule has 1 N–H and O–H groups in total. The standard InChI is InChI=1S/C13H25NO/c1-2-8-14-13-7-3-5-11(13)10-12-6-4-9-15-12/h11-14H,2-10H2,1H3. The van der Waals surface area contributed by atoms with Crippen LogP contribution in [0.2, 0.25) is 0 Å². The van der Waals surface area contributed by atoms with Crippen LogP contribution in [0, 0.1) is 5.92 Å². The number of nitrogens with one attached hydrogen (secondary N) is 1. The number of hydrogen-bond acceptors (Lipinski definition) is 2. The molecule has 1 aliphatic heterocycles. The zero-order chi connectivity index (χ0) is 10.5. The summed E-state index contributed by atoms with van der Waals surface area (Å²) in [6.45, 7) is 4.44. The van der Waals surface area contributed by atoms with Crippen LogP contribution in [0.3, 0.4) is 0 Å². The van der Waals surface area contributed by atoms with Crippen molar-refractivity contribution in [3.8, 4) is 0 Å². The van der Waals surface area contributed by atoms with Crippen LogP contribution in [0.1, 0.15) is 51.9 Å². The molecule has 15 heavy (non-hydrogen) atoms. The molecule has 0 aromatic rings. The molecule has 3 atom stereocenters. The fourth-order valence-electron chi connectivity index (χ4n) is 3.09. The van der Waals surface area contributed by atoms with Gasteiger partial charge >= 0.3 is 0 Å². The number of hydrogen-bond donors (Lipinski definition) is 1. The predicted octanol–water partition coefficient (Wildman–Crippen LogP) is 2.72. The smallest absolute Gasteiger partial charge is 0.0579 e. The van der Waals surface area contributed by atoms with E-state index in [1.807, 2.05) is 0 Å². The molecule has 2 fully saturated rings. The Labute approximate surface area is 93.8 Å². The van der Waals surface area contributed by atoms with E-state index in [9.17, 15) is 0 Å². The van der Waals surface area contributed by atoms with Gasteiger partial charge in [-0.25, -0.2) is 0 Å².